The van der Waals surface area contributed by atoms with Crippen LogP contribution in [0.3, 0.4) is 0 Å². The summed E-state index contributed by atoms with van der Waals surface area (Å²) in [5.41, 5.74) is 5.60. The van der Waals surface area contributed by atoms with Crippen molar-refractivity contribution in [1.29, 1.82) is 0 Å². The third-order valence-corrected chi connectivity index (χ3v) is 5.18. The van der Waals surface area contributed by atoms with Crippen molar-refractivity contribution in [2.75, 3.05) is 6.61 Å². The van der Waals surface area contributed by atoms with E-state index in [1.54, 1.807) is 32.2 Å². The van der Waals surface area contributed by atoms with Crippen LogP contribution in [0, 0.1) is 0 Å². The van der Waals surface area contributed by atoms with Gasteiger partial charge in [-0.1, -0.05) is 114 Å². The molecular formula is C35H51NO3. The quantitative estimate of drug-likeness (QED) is 0.155. The topological polar surface area (TPSA) is 56.3 Å². The van der Waals surface area contributed by atoms with E-state index >= 15 is 0 Å². The highest BCUT2D eigenvalue weighted by atomic mass is 16.5. The predicted molar refractivity (Wildman–Crippen MR) is 170 cm³/mol. The van der Waals surface area contributed by atoms with Gasteiger partial charge in [-0.05, 0) is 63.6 Å². The minimum Gasteiger partial charge on any atom is -0.461 e. The molecule has 214 valence electrons. The molecule has 0 bridgehead atoms. The van der Waals surface area contributed by atoms with Gasteiger partial charge in [0.25, 0.3) is 0 Å². The van der Waals surface area contributed by atoms with Crippen molar-refractivity contribution in [2.45, 2.75) is 87.5 Å². The second-order valence-electron chi connectivity index (χ2n) is 8.24. The number of carbonyl (C=O) groups excluding carboxylic acids is 2. The Hall–Kier alpha value is -3.53. The highest BCUT2D eigenvalue weighted by Crippen LogP contribution is 2.23. The number of aromatic nitrogens is 1. The molecule has 0 fully saturated rings. The lowest BCUT2D eigenvalue weighted by Crippen LogP contribution is -2.08. The van der Waals surface area contributed by atoms with Crippen LogP contribution in [0.4, 0.5) is 0 Å². The lowest BCUT2D eigenvalue weighted by Gasteiger charge is -2.08. The number of nitrogens with zero attached hydrogens (tertiary/aromatic N) is 1. The summed E-state index contributed by atoms with van der Waals surface area (Å²) >= 11 is 0. The fraction of sp³-hybridized carbons (Fsp3) is 0.400. The summed E-state index contributed by atoms with van der Waals surface area (Å²) in [6.45, 7) is 23.5. The van der Waals surface area contributed by atoms with Crippen LogP contribution in [0.25, 0.3) is 17.2 Å². The largest absolute Gasteiger partial charge is 0.461 e. The van der Waals surface area contributed by atoms with E-state index in [-0.39, 0.29) is 0 Å². The summed E-state index contributed by atoms with van der Waals surface area (Å²) < 4.78 is 5.02. The number of unbranched alkanes of at least 4 members (excludes halogenated alkanes) is 1. The van der Waals surface area contributed by atoms with Gasteiger partial charge in [-0.15, -0.1) is 0 Å². The molecule has 2 rings (SSSR count). The average Bonchev–Trinajstić information content (AvgIpc) is 2.96. The fourth-order valence-corrected chi connectivity index (χ4v) is 3.25. The number of hydrogen-bond acceptors (Lipinski definition) is 4. The first-order chi connectivity index (χ1) is 18.8. The zero-order valence-corrected chi connectivity index (χ0v) is 25.7. The summed E-state index contributed by atoms with van der Waals surface area (Å²) in [5.74, 6) is -0.102. The van der Waals surface area contributed by atoms with Gasteiger partial charge < -0.3 is 9.53 Å². The molecule has 1 heterocycles. The van der Waals surface area contributed by atoms with Crippen LogP contribution in [-0.4, -0.2) is 23.3 Å². The molecule has 0 amide bonds. The molecule has 0 aliphatic carbocycles. The van der Waals surface area contributed by atoms with E-state index in [4.69, 9.17) is 4.74 Å². The lowest BCUT2D eigenvalue weighted by molar-refractivity contribution is -0.117. The van der Waals surface area contributed by atoms with Crippen molar-refractivity contribution in [3.05, 3.63) is 96.4 Å². The van der Waals surface area contributed by atoms with Crippen LogP contribution >= 0.6 is 0 Å². The smallest absolute Gasteiger partial charge is 0.357 e. The molecule has 0 aliphatic rings. The minimum absolute atomic E-state index is 0.296. The zero-order valence-electron chi connectivity index (χ0n) is 25.7. The van der Waals surface area contributed by atoms with E-state index < -0.39 is 5.97 Å². The first-order valence-corrected chi connectivity index (χ1v) is 14.2. The van der Waals surface area contributed by atoms with Crippen molar-refractivity contribution in [2.24, 2.45) is 0 Å². The van der Waals surface area contributed by atoms with Gasteiger partial charge in [0.15, 0.2) is 5.69 Å². The number of rotatable bonds is 12. The van der Waals surface area contributed by atoms with Crippen LogP contribution in [-0.2, 0) is 9.53 Å². The van der Waals surface area contributed by atoms with E-state index in [2.05, 4.69) is 37.2 Å². The van der Waals surface area contributed by atoms with Gasteiger partial charge in [0.1, 0.15) is 5.78 Å². The number of allylic oxidation sites excluding steroid dienone is 5. The fourth-order valence-electron chi connectivity index (χ4n) is 3.25. The summed E-state index contributed by atoms with van der Waals surface area (Å²) in [7, 11) is 0. The van der Waals surface area contributed by atoms with Gasteiger partial charge in [-0.2, -0.15) is 0 Å². The Morgan fingerprint density at radius 3 is 2.08 bits per heavy atom. The summed E-state index contributed by atoms with van der Waals surface area (Å²) in [4.78, 5) is 26.8. The average molecular weight is 534 g/mol. The predicted octanol–water partition coefficient (Wildman–Crippen LogP) is 10.2. The Morgan fingerprint density at radius 2 is 1.56 bits per heavy atom. The first kappa shape index (κ1) is 37.6. The second kappa shape index (κ2) is 24.8. The molecule has 1 aromatic heterocycles. The monoisotopic (exact) mass is 533 g/mol. The van der Waals surface area contributed by atoms with Crippen molar-refractivity contribution < 1.29 is 14.3 Å². The Bertz CT molecular complexity index is 1030. The molecule has 0 N–H and O–H groups in total. The number of ether oxygens (including phenoxy) is 1. The Morgan fingerprint density at radius 1 is 0.949 bits per heavy atom. The molecule has 2 aromatic rings. The van der Waals surface area contributed by atoms with Crippen molar-refractivity contribution in [1.82, 2.24) is 4.98 Å². The van der Waals surface area contributed by atoms with Crippen molar-refractivity contribution in [3.63, 3.8) is 0 Å². The molecule has 0 radical (unpaired) electrons. The second-order valence-corrected chi connectivity index (χ2v) is 8.24. The Kier molecular flexibility index (Phi) is 23.9. The van der Waals surface area contributed by atoms with E-state index in [1.807, 2.05) is 71.0 Å². The number of pyridine rings is 1. The van der Waals surface area contributed by atoms with Gasteiger partial charge in [0.2, 0.25) is 0 Å². The van der Waals surface area contributed by atoms with E-state index in [0.717, 1.165) is 54.4 Å². The number of hydrogen-bond donors (Lipinski definition) is 0. The molecule has 4 nitrogen and oxygen atoms in total. The normalized spacial score (nSPS) is 10.1. The third kappa shape index (κ3) is 17.6. The van der Waals surface area contributed by atoms with Crippen LogP contribution in [0.5, 0.6) is 0 Å². The minimum atomic E-state index is -0.397. The highest BCUT2D eigenvalue weighted by molar-refractivity contribution is 5.95. The molecule has 0 saturated heterocycles. The molecule has 0 aliphatic heterocycles. The molecule has 4 heteroatoms. The molecule has 39 heavy (non-hydrogen) atoms. The van der Waals surface area contributed by atoms with Crippen molar-refractivity contribution in [3.8, 4) is 11.1 Å². The SMILES string of the molecule is C=C(C)/C=C\C=C(/CC)CCCCC(C)=O.C=Cc1ccc(-c2cccnc2C(=O)OCC)cc1.CC.CC. The molecule has 0 atom stereocenters. The van der Waals surface area contributed by atoms with Gasteiger partial charge in [0, 0.05) is 18.2 Å². The van der Waals surface area contributed by atoms with Crippen molar-refractivity contribution >= 4 is 17.8 Å². The van der Waals surface area contributed by atoms with Gasteiger partial charge >= 0.3 is 5.97 Å². The lowest BCUT2D eigenvalue weighted by atomic mass is 10.0. The Labute approximate surface area is 238 Å². The maximum Gasteiger partial charge on any atom is 0.357 e. The third-order valence-electron chi connectivity index (χ3n) is 5.18. The number of carbonyl (C=O) groups is 2. The van der Waals surface area contributed by atoms with Crippen LogP contribution < -0.4 is 0 Å². The number of esters is 1. The van der Waals surface area contributed by atoms with Crippen LogP contribution in [0.1, 0.15) is 104 Å². The summed E-state index contributed by atoms with van der Waals surface area (Å²) in [5, 5.41) is 0. The number of benzene rings is 1. The first-order valence-electron chi connectivity index (χ1n) is 14.2. The molecule has 0 spiro atoms. The molecule has 0 saturated carbocycles. The standard InChI is InChI=1S/C16H15NO2.C15H24O.2C2H6/c1-3-12-7-9-13(10-8-12)14-6-5-11-17-15(14)16(18)19-4-2;1-5-15(12-8-9-13(2)3)11-7-6-10-14(4)16;2*1-2/h3,5-11H,1,4H2,2H3;8-9,12H,2,5-7,10-11H2,1,3-4H3;2*1-2H3/b;9-8-,15-12+;;. The van der Waals surface area contributed by atoms with E-state index in [1.165, 1.54) is 5.57 Å². The van der Waals surface area contributed by atoms with E-state index in [9.17, 15) is 9.59 Å². The number of ketones is 1. The maximum absolute atomic E-state index is 11.9. The maximum atomic E-state index is 11.9. The Balaban J connectivity index is 0. The molecular weight excluding hydrogens is 482 g/mol. The highest BCUT2D eigenvalue weighted by Gasteiger charge is 2.14. The number of Topliss-reactive ketones (excluding diaryl/α,β-unsaturated/α-hetero) is 1. The summed E-state index contributed by atoms with van der Waals surface area (Å²) in [6, 6.07) is 11.4. The van der Waals surface area contributed by atoms with Crippen LogP contribution in [0.2, 0.25) is 0 Å². The van der Waals surface area contributed by atoms with Gasteiger partial charge in [-0.25, -0.2) is 9.78 Å². The van der Waals surface area contributed by atoms with Gasteiger partial charge in [-0.3, -0.25) is 0 Å². The molecule has 1 aromatic carbocycles. The molecule has 0 unspecified atom stereocenters. The van der Waals surface area contributed by atoms with E-state index in [0.29, 0.717) is 18.1 Å². The van der Waals surface area contributed by atoms with Gasteiger partial charge in [0.05, 0.1) is 6.61 Å². The van der Waals surface area contributed by atoms with Crippen LogP contribution in [0.15, 0.2) is 85.1 Å². The zero-order chi connectivity index (χ0) is 30.1. The summed E-state index contributed by atoms with van der Waals surface area (Å²) in [6.07, 6.45) is 14.6.